The fourth-order valence-electron chi connectivity index (χ4n) is 2.18. The van der Waals surface area contributed by atoms with E-state index in [0.717, 1.165) is 18.4 Å². The Morgan fingerprint density at radius 3 is 2.19 bits per heavy atom. The predicted octanol–water partition coefficient (Wildman–Crippen LogP) is 4.31. The number of methoxy groups -OCH3 is 1. The van der Waals surface area contributed by atoms with Crippen molar-refractivity contribution in [3.63, 3.8) is 0 Å². The van der Waals surface area contributed by atoms with Gasteiger partial charge < -0.3 is 9.47 Å². The van der Waals surface area contributed by atoms with E-state index >= 15 is 0 Å². The van der Waals surface area contributed by atoms with Gasteiger partial charge in [0.15, 0.2) is 0 Å². The van der Waals surface area contributed by atoms with Crippen molar-refractivity contribution in [1.29, 1.82) is 0 Å². The van der Waals surface area contributed by atoms with Gasteiger partial charge in [-0.2, -0.15) is 0 Å². The highest BCUT2D eigenvalue weighted by molar-refractivity contribution is 5.76. The first-order valence-corrected chi connectivity index (χ1v) is 7.69. The summed E-state index contributed by atoms with van der Waals surface area (Å²) in [5, 5.41) is 0. The van der Waals surface area contributed by atoms with Crippen LogP contribution in [0.3, 0.4) is 0 Å². The number of esters is 1. The maximum atomic E-state index is 12.5. The van der Waals surface area contributed by atoms with Gasteiger partial charge in [0.1, 0.15) is 5.60 Å². The molecule has 1 aromatic rings. The van der Waals surface area contributed by atoms with E-state index in [-0.39, 0.29) is 5.97 Å². The molecule has 0 saturated heterocycles. The smallest absolute Gasteiger partial charge is 0.312 e. The summed E-state index contributed by atoms with van der Waals surface area (Å²) in [5.41, 5.74) is -0.0481. The minimum absolute atomic E-state index is 0.146. The lowest BCUT2D eigenvalue weighted by Gasteiger charge is -2.36. The Labute approximate surface area is 128 Å². The lowest BCUT2D eigenvalue weighted by atomic mass is 9.86. The molecule has 0 N–H and O–H groups in total. The molecule has 0 heterocycles. The summed E-state index contributed by atoms with van der Waals surface area (Å²) >= 11 is 0. The van der Waals surface area contributed by atoms with Crippen LogP contribution in [-0.4, -0.2) is 19.7 Å². The summed E-state index contributed by atoms with van der Waals surface area (Å²) in [6, 6.07) is 9.96. The molecule has 1 aromatic carbocycles. The first kappa shape index (κ1) is 17.7. The number of rotatable bonds is 8. The SMILES string of the molecule is CCC(C)(C)C(=O)OC(CC)(CCOC)c1ccccc1. The maximum Gasteiger partial charge on any atom is 0.312 e. The van der Waals surface area contributed by atoms with E-state index in [2.05, 4.69) is 6.92 Å². The monoisotopic (exact) mass is 292 g/mol. The standard InChI is InChI=1S/C18H28O3/c1-6-17(3,4)16(19)21-18(7-2,13-14-20-5)15-11-9-8-10-12-15/h8-12H,6-7,13-14H2,1-5H3. The topological polar surface area (TPSA) is 35.5 Å². The van der Waals surface area contributed by atoms with Gasteiger partial charge in [0.25, 0.3) is 0 Å². The molecular formula is C18H28O3. The Kier molecular flexibility index (Phi) is 6.41. The van der Waals surface area contributed by atoms with E-state index in [1.807, 2.05) is 51.1 Å². The molecule has 0 fully saturated rings. The average Bonchev–Trinajstić information content (AvgIpc) is 2.52. The minimum atomic E-state index is -0.610. The predicted molar refractivity (Wildman–Crippen MR) is 85.1 cm³/mol. The molecule has 0 aliphatic carbocycles. The summed E-state index contributed by atoms with van der Waals surface area (Å²) in [6.45, 7) is 8.47. The van der Waals surface area contributed by atoms with Crippen LogP contribution in [0.25, 0.3) is 0 Å². The van der Waals surface area contributed by atoms with Gasteiger partial charge in [-0.1, -0.05) is 44.2 Å². The lowest BCUT2D eigenvalue weighted by molar-refractivity contribution is -0.175. The van der Waals surface area contributed by atoms with E-state index in [1.165, 1.54) is 0 Å². The second-order valence-corrected chi connectivity index (χ2v) is 6.08. The number of carbonyl (C=O) groups is 1. The van der Waals surface area contributed by atoms with Crippen molar-refractivity contribution < 1.29 is 14.3 Å². The summed E-state index contributed by atoms with van der Waals surface area (Å²) in [4.78, 5) is 12.5. The molecule has 0 saturated carbocycles. The molecule has 1 unspecified atom stereocenters. The van der Waals surface area contributed by atoms with Crippen molar-refractivity contribution in [2.45, 2.75) is 52.6 Å². The third-order valence-corrected chi connectivity index (χ3v) is 4.31. The third-order valence-electron chi connectivity index (χ3n) is 4.31. The second-order valence-electron chi connectivity index (χ2n) is 6.08. The van der Waals surface area contributed by atoms with Crippen LogP contribution < -0.4 is 0 Å². The molecule has 0 amide bonds. The highest BCUT2D eigenvalue weighted by atomic mass is 16.6. The van der Waals surface area contributed by atoms with Gasteiger partial charge in [-0.05, 0) is 32.3 Å². The van der Waals surface area contributed by atoms with Gasteiger partial charge in [-0.15, -0.1) is 0 Å². The quantitative estimate of drug-likeness (QED) is 0.670. The van der Waals surface area contributed by atoms with Gasteiger partial charge in [-0.25, -0.2) is 0 Å². The van der Waals surface area contributed by atoms with E-state index in [4.69, 9.17) is 9.47 Å². The molecule has 1 atom stereocenters. The van der Waals surface area contributed by atoms with Crippen LogP contribution in [0.1, 0.15) is 52.5 Å². The van der Waals surface area contributed by atoms with Gasteiger partial charge in [-0.3, -0.25) is 4.79 Å². The molecule has 3 heteroatoms. The largest absolute Gasteiger partial charge is 0.454 e. The molecule has 118 valence electrons. The summed E-state index contributed by atoms with van der Waals surface area (Å²) < 4.78 is 11.2. The van der Waals surface area contributed by atoms with Crippen LogP contribution in [0.15, 0.2) is 30.3 Å². The normalized spacial score (nSPS) is 14.5. The van der Waals surface area contributed by atoms with Gasteiger partial charge >= 0.3 is 5.97 Å². The van der Waals surface area contributed by atoms with Crippen LogP contribution in [0.4, 0.5) is 0 Å². The van der Waals surface area contributed by atoms with E-state index in [1.54, 1.807) is 7.11 Å². The van der Waals surface area contributed by atoms with Crippen molar-refractivity contribution in [3.8, 4) is 0 Å². The molecule has 1 rings (SSSR count). The first-order chi connectivity index (χ1) is 9.91. The summed E-state index contributed by atoms with van der Waals surface area (Å²) in [7, 11) is 1.67. The molecule has 0 aliphatic heterocycles. The Bertz CT molecular complexity index is 439. The van der Waals surface area contributed by atoms with Gasteiger partial charge in [0, 0.05) is 13.5 Å². The summed E-state index contributed by atoms with van der Waals surface area (Å²) in [6.07, 6.45) is 2.14. The van der Waals surface area contributed by atoms with Crippen LogP contribution in [0, 0.1) is 5.41 Å². The van der Waals surface area contributed by atoms with Crippen LogP contribution in [0.2, 0.25) is 0 Å². The molecule has 0 bridgehead atoms. The maximum absolute atomic E-state index is 12.5. The van der Waals surface area contributed by atoms with Crippen molar-refractivity contribution in [3.05, 3.63) is 35.9 Å². The van der Waals surface area contributed by atoms with Crippen molar-refractivity contribution >= 4 is 5.97 Å². The number of ether oxygens (including phenoxy) is 2. The van der Waals surface area contributed by atoms with Crippen molar-refractivity contribution in [1.82, 2.24) is 0 Å². The van der Waals surface area contributed by atoms with Crippen molar-refractivity contribution in [2.24, 2.45) is 5.41 Å². The number of carbonyl (C=O) groups excluding carboxylic acids is 1. The lowest BCUT2D eigenvalue weighted by Crippen LogP contribution is -2.38. The molecule has 3 nitrogen and oxygen atoms in total. The fraction of sp³-hybridized carbons (Fsp3) is 0.611. The van der Waals surface area contributed by atoms with E-state index in [9.17, 15) is 4.79 Å². The Morgan fingerprint density at radius 1 is 1.10 bits per heavy atom. The molecule has 0 aliphatic rings. The molecular weight excluding hydrogens is 264 g/mol. The number of hydrogen-bond acceptors (Lipinski definition) is 3. The molecule has 0 radical (unpaired) electrons. The Balaban J connectivity index is 3.10. The van der Waals surface area contributed by atoms with E-state index < -0.39 is 11.0 Å². The van der Waals surface area contributed by atoms with Crippen molar-refractivity contribution in [2.75, 3.05) is 13.7 Å². The third kappa shape index (κ3) is 4.31. The number of benzene rings is 1. The second kappa shape index (κ2) is 7.60. The van der Waals surface area contributed by atoms with Crippen LogP contribution in [-0.2, 0) is 19.9 Å². The van der Waals surface area contributed by atoms with Gasteiger partial charge in [0.2, 0.25) is 0 Å². The zero-order chi connectivity index (χ0) is 15.9. The van der Waals surface area contributed by atoms with E-state index in [0.29, 0.717) is 13.0 Å². The highest BCUT2D eigenvalue weighted by Gasteiger charge is 2.38. The van der Waals surface area contributed by atoms with Crippen LogP contribution >= 0.6 is 0 Å². The molecule has 0 aromatic heterocycles. The molecule has 0 spiro atoms. The fourth-order valence-corrected chi connectivity index (χ4v) is 2.18. The Hall–Kier alpha value is -1.35. The highest BCUT2D eigenvalue weighted by Crippen LogP contribution is 2.36. The first-order valence-electron chi connectivity index (χ1n) is 7.69. The molecule has 21 heavy (non-hydrogen) atoms. The van der Waals surface area contributed by atoms with Crippen LogP contribution in [0.5, 0.6) is 0 Å². The average molecular weight is 292 g/mol. The Morgan fingerprint density at radius 2 is 1.71 bits per heavy atom. The zero-order valence-electron chi connectivity index (χ0n) is 13.9. The minimum Gasteiger partial charge on any atom is -0.454 e. The van der Waals surface area contributed by atoms with Gasteiger partial charge in [0.05, 0.1) is 12.0 Å². The zero-order valence-corrected chi connectivity index (χ0v) is 13.9. The summed E-state index contributed by atoms with van der Waals surface area (Å²) in [5.74, 6) is -0.146. The number of hydrogen-bond donors (Lipinski definition) is 0.